The molecule has 1 fully saturated rings. The van der Waals surface area contributed by atoms with Crippen LogP contribution in [0.5, 0.6) is 0 Å². The topological polar surface area (TPSA) is 48.5 Å². The van der Waals surface area contributed by atoms with Crippen LogP contribution in [0.4, 0.5) is 0 Å². The molecule has 140 valence electrons. The van der Waals surface area contributed by atoms with Gasteiger partial charge in [-0.25, -0.2) is 4.98 Å². The van der Waals surface area contributed by atoms with Crippen LogP contribution in [0.3, 0.4) is 0 Å². The molecule has 1 aliphatic rings. The summed E-state index contributed by atoms with van der Waals surface area (Å²) in [5, 5.41) is 5.86. The molecule has 2 aromatic rings. The van der Waals surface area contributed by atoms with E-state index in [0.717, 1.165) is 49.0 Å². The van der Waals surface area contributed by atoms with Crippen LogP contribution in [0, 0.1) is 0 Å². The van der Waals surface area contributed by atoms with Crippen LogP contribution in [-0.4, -0.2) is 60.0 Å². The molecule has 6 heteroatoms. The highest BCUT2D eigenvalue weighted by Crippen LogP contribution is 2.24. The number of thiazole rings is 1. The van der Waals surface area contributed by atoms with Crippen molar-refractivity contribution in [3.63, 3.8) is 0 Å². The molecular weight excluding hydrogens is 344 g/mol. The summed E-state index contributed by atoms with van der Waals surface area (Å²) < 4.78 is 0. The highest BCUT2D eigenvalue weighted by atomic mass is 32.1. The summed E-state index contributed by atoms with van der Waals surface area (Å²) in [5.41, 5.74) is 3.30. The van der Waals surface area contributed by atoms with Crippen LogP contribution in [0.1, 0.15) is 25.1 Å². The van der Waals surface area contributed by atoms with Gasteiger partial charge >= 0.3 is 0 Å². The van der Waals surface area contributed by atoms with Gasteiger partial charge in [0.15, 0.2) is 0 Å². The average molecular weight is 373 g/mol. The molecule has 5 nitrogen and oxygen atoms in total. The molecule has 0 unspecified atom stereocenters. The van der Waals surface area contributed by atoms with Crippen LogP contribution in [0.25, 0.3) is 10.6 Å². The quantitative estimate of drug-likeness (QED) is 0.847. The molecule has 0 aliphatic carbocycles. The number of hydrogen-bond donors (Lipinski definition) is 1. The fraction of sp³-hybridized carbons (Fsp3) is 0.500. The second-order valence-electron chi connectivity index (χ2n) is 7.32. The highest BCUT2D eigenvalue weighted by Gasteiger charge is 2.14. The van der Waals surface area contributed by atoms with Crippen LogP contribution < -0.4 is 5.32 Å². The molecule has 26 heavy (non-hydrogen) atoms. The second-order valence-corrected chi connectivity index (χ2v) is 8.18. The number of carbonyl (C=O) groups is 1. The van der Waals surface area contributed by atoms with E-state index >= 15 is 0 Å². The zero-order chi connectivity index (χ0) is 18.5. The van der Waals surface area contributed by atoms with Gasteiger partial charge in [-0.05, 0) is 26.5 Å². The number of nitrogens with one attached hydrogen (secondary N) is 1. The number of rotatable bonds is 6. The minimum atomic E-state index is 0.0272. The molecule has 0 spiro atoms. The third-order valence-corrected chi connectivity index (χ3v) is 5.49. The van der Waals surface area contributed by atoms with Gasteiger partial charge in [-0.2, -0.15) is 0 Å². The van der Waals surface area contributed by atoms with Gasteiger partial charge in [-0.15, -0.1) is 11.3 Å². The molecule has 1 aliphatic heterocycles. The number of nitrogens with zero attached hydrogens (tertiary/aromatic N) is 3. The van der Waals surface area contributed by atoms with Crippen molar-refractivity contribution in [2.24, 2.45) is 0 Å². The van der Waals surface area contributed by atoms with Crippen LogP contribution in [0.15, 0.2) is 29.6 Å². The zero-order valence-electron chi connectivity index (χ0n) is 15.9. The molecule has 1 N–H and O–H groups in total. The number of carbonyl (C=O) groups excluding carboxylic acids is 1. The van der Waals surface area contributed by atoms with Crippen molar-refractivity contribution in [1.29, 1.82) is 0 Å². The standard InChI is InChI=1S/C20H28N4OS/c1-15(2)21-19(25)12-18-14-26-20(22-18)17-6-4-16(5-7-17)13-24-10-8-23(3)9-11-24/h4-7,14-15H,8-13H2,1-3H3,(H,21,25). The molecule has 1 aromatic carbocycles. The maximum Gasteiger partial charge on any atom is 0.226 e. The lowest BCUT2D eigenvalue weighted by Crippen LogP contribution is -2.43. The molecule has 0 bridgehead atoms. The lowest BCUT2D eigenvalue weighted by atomic mass is 10.1. The number of amides is 1. The second kappa shape index (κ2) is 8.75. The van der Waals surface area contributed by atoms with Gasteiger partial charge < -0.3 is 10.2 Å². The third-order valence-electron chi connectivity index (χ3n) is 4.55. The van der Waals surface area contributed by atoms with Crippen molar-refractivity contribution >= 4 is 17.2 Å². The van der Waals surface area contributed by atoms with Crippen LogP contribution in [0.2, 0.25) is 0 Å². The first kappa shape index (κ1) is 19.0. The monoisotopic (exact) mass is 372 g/mol. The van der Waals surface area contributed by atoms with Crippen molar-refractivity contribution in [2.75, 3.05) is 33.2 Å². The lowest BCUT2D eigenvalue weighted by Gasteiger charge is -2.32. The van der Waals surface area contributed by atoms with E-state index in [-0.39, 0.29) is 11.9 Å². The molecule has 1 aromatic heterocycles. The van der Waals surface area contributed by atoms with E-state index in [1.807, 2.05) is 19.2 Å². The number of aromatic nitrogens is 1. The van der Waals surface area contributed by atoms with E-state index < -0.39 is 0 Å². The Morgan fingerprint density at radius 1 is 1.19 bits per heavy atom. The average Bonchev–Trinajstić information content (AvgIpc) is 3.05. The summed E-state index contributed by atoms with van der Waals surface area (Å²) in [4.78, 5) is 21.4. The van der Waals surface area contributed by atoms with Crippen molar-refractivity contribution in [3.05, 3.63) is 40.9 Å². The first-order valence-corrected chi connectivity index (χ1v) is 10.1. The molecular formula is C20H28N4OS. The Hall–Kier alpha value is -1.76. The van der Waals surface area contributed by atoms with Crippen LogP contribution in [-0.2, 0) is 17.8 Å². The summed E-state index contributed by atoms with van der Waals surface area (Å²) in [7, 11) is 2.18. The Kier molecular flexibility index (Phi) is 6.40. The Morgan fingerprint density at radius 3 is 2.54 bits per heavy atom. The largest absolute Gasteiger partial charge is 0.354 e. The number of hydrogen-bond acceptors (Lipinski definition) is 5. The number of likely N-dealkylation sites (N-methyl/N-ethyl adjacent to an activating group) is 1. The molecule has 0 radical (unpaired) electrons. The summed E-state index contributed by atoms with van der Waals surface area (Å²) in [6.07, 6.45) is 0.343. The maximum atomic E-state index is 11.9. The molecule has 3 rings (SSSR count). The number of benzene rings is 1. The third kappa shape index (κ3) is 5.37. The lowest BCUT2D eigenvalue weighted by molar-refractivity contribution is -0.120. The van der Waals surface area contributed by atoms with Crippen molar-refractivity contribution in [3.8, 4) is 10.6 Å². The Labute approximate surface area is 160 Å². The van der Waals surface area contributed by atoms with Gasteiger partial charge in [-0.1, -0.05) is 24.3 Å². The fourth-order valence-corrected chi connectivity index (χ4v) is 3.90. The van der Waals surface area contributed by atoms with E-state index in [1.165, 1.54) is 5.56 Å². The smallest absolute Gasteiger partial charge is 0.226 e. The normalized spacial score (nSPS) is 16.2. The minimum Gasteiger partial charge on any atom is -0.354 e. The van der Waals surface area contributed by atoms with E-state index in [2.05, 4.69) is 51.4 Å². The van der Waals surface area contributed by atoms with E-state index in [9.17, 15) is 4.79 Å². The maximum absolute atomic E-state index is 11.9. The molecule has 1 saturated heterocycles. The van der Waals surface area contributed by atoms with Gasteiger partial charge in [-0.3, -0.25) is 9.69 Å². The van der Waals surface area contributed by atoms with Crippen LogP contribution >= 0.6 is 11.3 Å². The fourth-order valence-electron chi connectivity index (χ4n) is 3.08. The molecule has 0 atom stereocenters. The van der Waals surface area contributed by atoms with Crippen molar-refractivity contribution < 1.29 is 4.79 Å². The van der Waals surface area contributed by atoms with Crippen molar-refractivity contribution in [2.45, 2.75) is 32.9 Å². The summed E-state index contributed by atoms with van der Waals surface area (Å²) in [6, 6.07) is 8.83. The van der Waals surface area contributed by atoms with Gasteiger partial charge in [0.25, 0.3) is 0 Å². The van der Waals surface area contributed by atoms with Gasteiger partial charge in [0.05, 0.1) is 12.1 Å². The molecule has 0 saturated carbocycles. The Morgan fingerprint density at radius 2 is 1.88 bits per heavy atom. The first-order chi connectivity index (χ1) is 12.5. The van der Waals surface area contributed by atoms with Gasteiger partial charge in [0.1, 0.15) is 5.01 Å². The SMILES string of the molecule is CC(C)NC(=O)Cc1csc(-c2ccc(CN3CCN(C)CC3)cc2)n1. The van der Waals surface area contributed by atoms with Crippen molar-refractivity contribution in [1.82, 2.24) is 20.1 Å². The summed E-state index contributed by atoms with van der Waals surface area (Å²) >= 11 is 1.60. The predicted octanol–water partition coefficient (Wildman–Crippen LogP) is 2.62. The van der Waals surface area contributed by atoms with E-state index in [0.29, 0.717) is 6.42 Å². The highest BCUT2D eigenvalue weighted by molar-refractivity contribution is 7.13. The zero-order valence-corrected chi connectivity index (χ0v) is 16.7. The Balaban J connectivity index is 1.57. The predicted molar refractivity (Wildman–Crippen MR) is 107 cm³/mol. The summed E-state index contributed by atoms with van der Waals surface area (Å²) in [6.45, 7) is 9.49. The minimum absolute atomic E-state index is 0.0272. The summed E-state index contributed by atoms with van der Waals surface area (Å²) in [5.74, 6) is 0.0272. The molecule has 2 heterocycles. The Bertz CT molecular complexity index is 718. The van der Waals surface area contributed by atoms with E-state index in [4.69, 9.17) is 0 Å². The van der Waals surface area contributed by atoms with Gasteiger partial charge in [0.2, 0.25) is 5.91 Å². The van der Waals surface area contributed by atoms with Gasteiger partial charge in [0, 0.05) is 49.7 Å². The molecule has 1 amide bonds. The number of piperazine rings is 1. The first-order valence-electron chi connectivity index (χ1n) is 9.23. The van der Waals surface area contributed by atoms with E-state index in [1.54, 1.807) is 11.3 Å².